The van der Waals surface area contributed by atoms with Crippen LogP contribution in [0.5, 0.6) is 0 Å². The van der Waals surface area contributed by atoms with Crippen LogP contribution in [0.25, 0.3) is 0 Å². The molecule has 1 atom stereocenters. The van der Waals surface area contributed by atoms with E-state index in [0.29, 0.717) is 0 Å². The zero-order chi connectivity index (χ0) is 5.28. The summed E-state index contributed by atoms with van der Waals surface area (Å²) in [5, 5.41) is 8.93. The summed E-state index contributed by atoms with van der Waals surface area (Å²) in [5.74, 6) is 0. The summed E-state index contributed by atoms with van der Waals surface area (Å²) in [5.41, 5.74) is 1.14. The lowest BCUT2D eigenvalue weighted by Gasteiger charge is -1.98. The minimum atomic E-state index is -0.125. The summed E-state index contributed by atoms with van der Waals surface area (Å²) in [6.45, 7) is 1.97. The Morgan fingerprint density at radius 2 is 2.57 bits per heavy atom. The van der Waals surface area contributed by atoms with Crippen molar-refractivity contribution in [1.29, 1.82) is 0 Å². The molecule has 0 aromatic carbocycles. The van der Waals surface area contributed by atoms with E-state index < -0.39 is 0 Å². The van der Waals surface area contributed by atoms with Crippen LogP contribution in [0.15, 0.2) is 11.6 Å². The molecular formula is C6H10O. The summed E-state index contributed by atoms with van der Waals surface area (Å²) >= 11 is 0. The van der Waals surface area contributed by atoms with Gasteiger partial charge in [0, 0.05) is 0 Å². The standard InChI is InChI=1S/C6H10O/c1-5-3-2-4-6(5)7/h3,6-7H,2,4H2,1H3/t6-/m0/s1. The monoisotopic (exact) mass is 98.1 g/mol. The second kappa shape index (κ2) is 1.66. The Labute approximate surface area is 43.7 Å². The first-order valence-corrected chi connectivity index (χ1v) is 2.65. The molecule has 1 nitrogen and oxygen atoms in total. The fraction of sp³-hybridized carbons (Fsp3) is 0.667. The van der Waals surface area contributed by atoms with Gasteiger partial charge in [0.25, 0.3) is 0 Å². The Bertz CT molecular complexity index is 94.4. The van der Waals surface area contributed by atoms with Crippen LogP contribution in [0, 0.1) is 0 Å². The molecule has 1 aliphatic carbocycles. The predicted octanol–water partition coefficient (Wildman–Crippen LogP) is 1.09. The van der Waals surface area contributed by atoms with Crippen LogP contribution in [0.4, 0.5) is 0 Å². The highest BCUT2D eigenvalue weighted by molar-refractivity contribution is 5.09. The van der Waals surface area contributed by atoms with E-state index in [-0.39, 0.29) is 6.10 Å². The highest BCUT2D eigenvalue weighted by Crippen LogP contribution is 2.16. The summed E-state index contributed by atoms with van der Waals surface area (Å²) < 4.78 is 0. The highest BCUT2D eigenvalue weighted by Gasteiger charge is 2.09. The molecule has 0 bridgehead atoms. The van der Waals surface area contributed by atoms with Gasteiger partial charge >= 0.3 is 0 Å². The Kier molecular flexibility index (Phi) is 1.15. The van der Waals surface area contributed by atoms with Crippen molar-refractivity contribution in [1.82, 2.24) is 0 Å². The first-order chi connectivity index (χ1) is 3.30. The van der Waals surface area contributed by atoms with Gasteiger partial charge in [-0.15, -0.1) is 0 Å². The van der Waals surface area contributed by atoms with Crippen molar-refractivity contribution in [3.8, 4) is 0 Å². The number of aliphatic hydroxyl groups is 1. The summed E-state index contributed by atoms with van der Waals surface area (Å²) in [6.07, 6.45) is 3.96. The van der Waals surface area contributed by atoms with E-state index in [0.717, 1.165) is 18.4 Å². The molecule has 1 aliphatic rings. The number of rotatable bonds is 0. The molecule has 0 heterocycles. The fourth-order valence-electron chi connectivity index (χ4n) is 0.833. The quantitative estimate of drug-likeness (QED) is 0.449. The van der Waals surface area contributed by atoms with Crippen molar-refractivity contribution in [2.75, 3.05) is 0 Å². The first-order valence-electron chi connectivity index (χ1n) is 2.65. The van der Waals surface area contributed by atoms with Crippen molar-refractivity contribution in [2.24, 2.45) is 0 Å². The summed E-state index contributed by atoms with van der Waals surface area (Å²) in [7, 11) is 0. The molecule has 0 fully saturated rings. The molecule has 0 saturated heterocycles. The lowest BCUT2D eigenvalue weighted by Crippen LogP contribution is -2.00. The van der Waals surface area contributed by atoms with E-state index in [9.17, 15) is 0 Å². The molecule has 0 radical (unpaired) electrons. The highest BCUT2D eigenvalue weighted by atomic mass is 16.3. The third kappa shape index (κ3) is 0.829. The summed E-state index contributed by atoms with van der Waals surface area (Å²) in [6, 6.07) is 0. The molecule has 1 N–H and O–H groups in total. The van der Waals surface area contributed by atoms with Gasteiger partial charge in [-0.3, -0.25) is 0 Å². The van der Waals surface area contributed by atoms with Gasteiger partial charge in [-0.05, 0) is 25.3 Å². The van der Waals surface area contributed by atoms with Crippen molar-refractivity contribution in [3.63, 3.8) is 0 Å². The van der Waals surface area contributed by atoms with Gasteiger partial charge in [0.1, 0.15) is 0 Å². The van der Waals surface area contributed by atoms with E-state index in [1.165, 1.54) is 0 Å². The van der Waals surface area contributed by atoms with Crippen LogP contribution in [0.2, 0.25) is 0 Å². The number of hydrogen-bond donors (Lipinski definition) is 1. The molecule has 0 aromatic rings. The average molecular weight is 98.1 g/mol. The largest absolute Gasteiger partial charge is 0.389 e. The Morgan fingerprint density at radius 3 is 2.71 bits per heavy atom. The summed E-state index contributed by atoms with van der Waals surface area (Å²) in [4.78, 5) is 0. The topological polar surface area (TPSA) is 20.2 Å². The van der Waals surface area contributed by atoms with Crippen LogP contribution in [-0.2, 0) is 0 Å². The fourth-order valence-corrected chi connectivity index (χ4v) is 0.833. The predicted molar refractivity (Wildman–Crippen MR) is 29.0 cm³/mol. The van der Waals surface area contributed by atoms with E-state index in [1.54, 1.807) is 0 Å². The Hall–Kier alpha value is -0.300. The van der Waals surface area contributed by atoms with E-state index >= 15 is 0 Å². The molecule has 0 unspecified atom stereocenters. The van der Waals surface area contributed by atoms with Crippen LogP contribution < -0.4 is 0 Å². The molecule has 0 aliphatic heterocycles. The lowest BCUT2D eigenvalue weighted by molar-refractivity contribution is 0.212. The third-order valence-corrected chi connectivity index (χ3v) is 1.43. The maximum Gasteiger partial charge on any atom is 0.0750 e. The number of hydrogen-bond acceptors (Lipinski definition) is 1. The molecule has 0 saturated carbocycles. The van der Waals surface area contributed by atoms with Crippen LogP contribution in [0.1, 0.15) is 19.8 Å². The van der Waals surface area contributed by atoms with Crippen LogP contribution in [-0.4, -0.2) is 11.2 Å². The van der Waals surface area contributed by atoms with E-state index in [4.69, 9.17) is 5.11 Å². The molecular weight excluding hydrogens is 88.1 g/mol. The van der Waals surface area contributed by atoms with E-state index in [1.807, 2.05) is 6.92 Å². The van der Waals surface area contributed by atoms with Crippen molar-refractivity contribution in [2.45, 2.75) is 25.9 Å². The normalized spacial score (nSPS) is 30.6. The van der Waals surface area contributed by atoms with Crippen LogP contribution >= 0.6 is 0 Å². The van der Waals surface area contributed by atoms with E-state index in [2.05, 4.69) is 6.08 Å². The molecule has 7 heavy (non-hydrogen) atoms. The SMILES string of the molecule is CC1=CCC[C@@H]1O. The van der Waals surface area contributed by atoms with Gasteiger partial charge in [0.05, 0.1) is 6.10 Å². The average Bonchev–Trinajstić information content (AvgIpc) is 1.91. The van der Waals surface area contributed by atoms with Gasteiger partial charge in [0.15, 0.2) is 0 Å². The molecule has 1 heteroatoms. The smallest absolute Gasteiger partial charge is 0.0750 e. The van der Waals surface area contributed by atoms with Gasteiger partial charge in [-0.2, -0.15) is 0 Å². The second-order valence-electron chi connectivity index (χ2n) is 2.04. The Morgan fingerprint density at radius 1 is 1.86 bits per heavy atom. The minimum Gasteiger partial charge on any atom is -0.389 e. The lowest BCUT2D eigenvalue weighted by atomic mass is 10.2. The van der Waals surface area contributed by atoms with Gasteiger partial charge in [-0.1, -0.05) is 6.08 Å². The molecule has 0 spiro atoms. The van der Waals surface area contributed by atoms with Crippen molar-refractivity contribution < 1.29 is 5.11 Å². The molecule has 0 aromatic heterocycles. The first kappa shape index (κ1) is 4.85. The maximum absolute atomic E-state index is 8.93. The zero-order valence-electron chi connectivity index (χ0n) is 4.52. The van der Waals surface area contributed by atoms with Gasteiger partial charge in [0.2, 0.25) is 0 Å². The van der Waals surface area contributed by atoms with Gasteiger partial charge in [-0.25, -0.2) is 0 Å². The zero-order valence-corrected chi connectivity index (χ0v) is 4.52. The minimum absolute atomic E-state index is 0.125. The van der Waals surface area contributed by atoms with Crippen molar-refractivity contribution in [3.05, 3.63) is 11.6 Å². The third-order valence-electron chi connectivity index (χ3n) is 1.43. The maximum atomic E-state index is 8.93. The molecule has 0 amide bonds. The number of aliphatic hydroxyl groups excluding tert-OH is 1. The Balaban J connectivity index is 2.54. The van der Waals surface area contributed by atoms with Gasteiger partial charge < -0.3 is 5.11 Å². The number of allylic oxidation sites excluding steroid dienone is 1. The van der Waals surface area contributed by atoms with Crippen molar-refractivity contribution >= 4 is 0 Å². The molecule has 40 valence electrons. The second-order valence-corrected chi connectivity index (χ2v) is 2.04. The molecule has 1 rings (SSSR count). The van der Waals surface area contributed by atoms with Crippen LogP contribution in [0.3, 0.4) is 0 Å².